The van der Waals surface area contributed by atoms with E-state index in [0.29, 0.717) is 27.3 Å². The molecule has 0 unspecified atom stereocenters. The largest absolute Gasteiger partial charge is 0.506 e. The Morgan fingerprint density at radius 2 is 1.63 bits per heavy atom. The minimum Gasteiger partial charge on any atom is -0.506 e. The molecule has 0 aliphatic rings. The molecule has 3 rings (SSSR count). The van der Waals surface area contributed by atoms with Gasteiger partial charge in [-0.1, -0.05) is 67.4 Å². The number of aromatic hydroxyl groups is 1. The third-order valence-electron chi connectivity index (χ3n) is 4.60. The van der Waals surface area contributed by atoms with Crippen LogP contribution in [0.4, 0.5) is 5.69 Å². The number of sulfonamides is 1. The van der Waals surface area contributed by atoms with Crippen LogP contribution in [0.2, 0.25) is 0 Å². The molecule has 0 heterocycles. The summed E-state index contributed by atoms with van der Waals surface area (Å²) in [6, 6.07) is 16.4. The molecule has 4 nitrogen and oxygen atoms in total. The molecule has 0 atom stereocenters. The molecule has 6 heteroatoms. The molecule has 0 fully saturated rings. The van der Waals surface area contributed by atoms with Gasteiger partial charge < -0.3 is 5.11 Å². The molecule has 0 saturated heterocycles. The highest BCUT2D eigenvalue weighted by molar-refractivity contribution is 7.99. The van der Waals surface area contributed by atoms with Gasteiger partial charge in [0.2, 0.25) is 0 Å². The van der Waals surface area contributed by atoms with Crippen molar-refractivity contribution in [2.24, 2.45) is 0 Å². The highest BCUT2D eigenvalue weighted by Crippen LogP contribution is 2.42. The van der Waals surface area contributed by atoms with Crippen molar-refractivity contribution in [1.82, 2.24) is 0 Å². The lowest BCUT2D eigenvalue weighted by molar-refractivity contribution is 0.461. The maximum absolute atomic E-state index is 13.2. The number of rotatable bonds is 7. The monoisotopic (exact) mass is 437 g/mol. The number of benzene rings is 3. The van der Waals surface area contributed by atoms with Gasteiger partial charge in [-0.2, -0.15) is 0 Å². The van der Waals surface area contributed by atoms with Gasteiger partial charge in [-0.3, -0.25) is 4.72 Å². The number of aryl methyl sites for hydroxylation is 2. The van der Waals surface area contributed by atoms with E-state index in [0.717, 1.165) is 10.5 Å². The summed E-state index contributed by atoms with van der Waals surface area (Å²) in [6.45, 7) is 11.2. The molecule has 30 heavy (non-hydrogen) atoms. The number of anilines is 1. The van der Waals surface area contributed by atoms with Crippen LogP contribution in [0, 0.1) is 13.8 Å². The molecule has 0 saturated carbocycles. The summed E-state index contributed by atoms with van der Waals surface area (Å²) in [6.07, 6.45) is 3.01. The van der Waals surface area contributed by atoms with Crippen molar-refractivity contribution < 1.29 is 13.5 Å². The average molecular weight is 438 g/mol. The van der Waals surface area contributed by atoms with Gasteiger partial charge in [-0.15, -0.1) is 0 Å². The lowest BCUT2D eigenvalue weighted by Gasteiger charge is -2.18. The van der Waals surface area contributed by atoms with E-state index in [1.807, 2.05) is 43.3 Å². The highest BCUT2D eigenvalue weighted by atomic mass is 32.2. The van der Waals surface area contributed by atoms with E-state index in [1.165, 1.54) is 23.9 Å². The Balaban J connectivity index is 2.13. The second kappa shape index (κ2) is 8.81. The lowest BCUT2D eigenvalue weighted by atomic mass is 10.0. The van der Waals surface area contributed by atoms with E-state index in [9.17, 15) is 13.5 Å². The van der Waals surface area contributed by atoms with Crippen molar-refractivity contribution in [2.45, 2.75) is 28.5 Å². The summed E-state index contributed by atoms with van der Waals surface area (Å²) in [7, 11) is -3.85. The molecule has 0 radical (unpaired) electrons. The molecule has 0 bridgehead atoms. The molecule has 3 aromatic rings. The number of phenols is 1. The van der Waals surface area contributed by atoms with Crippen LogP contribution in [0.5, 0.6) is 5.75 Å². The van der Waals surface area contributed by atoms with E-state index < -0.39 is 10.0 Å². The van der Waals surface area contributed by atoms with Gasteiger partial charge in [0, 0.05) is 16.0 Å². The zero-order chi connectivity index (χ0) is 21.9. The van der Waals surface area contributed by atoms with Gasteiger partial charge in [-0.05, 0) is 49.2 Å². The first-order valence-corrected chi connectivity index (χ1v) is 11.5. The maximum atomic E-state index is 13.2. The Bertz CT molecular complexity index is 1220. The average Bonchev–Trinajstić information content (AvgIpc) is 2.72. The fourth-order valence-electron chi connectivity index (χ4n) is 3.08. The first-order chi connectivity index (χ1) is 14.3. The third-order valence-corrected chi connectivity index (χ3v) is 7.15. The summed E-state index contributed by atoms with van der Waals surface area (Å²) in [5, 5.41) is 10.8. The van der Waals surface area contributed by atoms with Gasteiger partial charge >= 0.3 is 0 Å². The van der Waals surface area contributed by atoms with Crippen LogP contribution in [0.15, 0.2) is 82.4 Å². The molecule has 154 valence electrons. The topological polar surface area (TPSA) is 66.4 Å². The SMILES string of the molecule is C=Cc1c(NS(=O)(=O)c2cc(C)ccc2C)cc(Sc2ccccc2)c(O)c1C=C. The highest BCUT2D eigenvalue weighted by Gasteiger charge is 2.22. The smallest absolute Gasteiger partial charge is 0.262 e. The standard InChI is InChI=1S/C24H23NO3S2/c1-5-19-20(6-2)24(26)22(29-18-10-8-7-9-11-18)15-21(19)25-30(27,28)23-14-16(3)12-13-17(23)4/h5-15,25-26H,1-2H2,3-4H3. The fourth-order valence-corrected chi connectivity index (χ4v) is 5.42. The molecule has 0 spiro atoms. The van der Waals surface area contributed by atoms with E-state index in [4.69, 9.17) is 0 Å². The summed E-state index contributed by atoms with van der Waals surface area (Å²) in [4.78, 5) is 1.64. The predicted molar refractivity (Wildman–Crippen MR) is 126 cm³/mol. The van der Waals surface area contributed by atoms with Crippen LogP contribution >= 0.6 is 11.8 Å². The molecule has 0 aliphatic heterocycles. The van der Waals surface area contributed by atoms with Crippen LogP contribution in [0.25, 0.3) is 12.2 Å². The Kier molecular flexibility index (Phi) is 6.39. The summed E-state index contributed by atoms with van der Waals surface area (Å²) in [5.74, 6) is 0.0310. The lowest BCUT2D eigenvalue weighted by Crippen LogP contribution is -2.15. The van der Waals surface area contributed by atoms with Crippen LogP contribution in [0.3, 0.4) is 0 Å². The van der Waals surface area contributed by atoms with Gasteiger partial charge in [-0.25, -0.2) is 8.42 Å². The maximum Gasteiger partial charge on any atom is 0.262 e. The number of nitrogens with one attached hydrogen (secondary N) is 1. The van der Waals surface area contributed by atoms with Gasteiger partial charge in [0.25, 0.3) is 10.0 Å². The van der Waals surface area contributed by atoms with E-state index in [-0.39, 0.29) is 10.6 Å². The predicted octanol–water partition coefficient (Wildman–Crippen LogP) is 6.25. The molecule has 0 amide bonds. The van der Waals surface area contributed by atoms with Crippen LogP contribution in [0.1, 0.15) is 22.3 Å². The third kappa shape index (κ3) is 4.45. The van der Waals surface area contributed by atoms with E-state index in [1.54, 1.807) is 25.1 Å². The van der Waals surface area contributed by atoms with Crippen molar-refractivity contribution in [3.63, 3.8) is 0 Å². The van der Waals surface area contributed by atoms with Gasteiger partial charge in [0.1, 0.15) is 5.75 Å². The van der Waals surface area contributed by atoms with E-state index >= 15 is 0 Å². The van der Waals surface area contributed by atoms with Crippen LogP contribution < -0.4 is 4.72 Å². The zero-order valence-corrected chi connectivity index (χ0v) is 18.5. The molecular formula is C24H23NO3S2. The van der Waals surface area contributed by atoms with Gasteiger partial charge in [0.05, 0.1) is 15.5 Å². The molecule has 3 aromatic carbocycles. The Hall–Kier alpha value is -2.96. The van der Waals surface area contributed by atoms with Crippen molar-refractivity contribution in [3.8, 4) is 5.75 Å². The first kappa shape index (κ1) is 21.7. The Morgan fingerprint density at radius 1 is 0.967 bits per heavy atom. The molecule has 2 N–H and O–H groups in total. The zero-order valence-electron chi connectivity index (χ0n) is 16.8. The quantitative estimate of drug-likeness (QED) is 0.429. The van der Waals surface area contributed by atoms with Crippen molar-refractivity contribution in [1.29, 1.82) is 0 Å². The van der Waals surface area contributed by atoms with Gasteiger partial charge in [0.15, 0.2) is 0 Å². The second-order valence-corrected chi connectivity index (χ2v) is 9.56. The Morgan fingerprint density at radius 3 is 2.27 bits per heavy atom. The van der Waals surface area contributed by atoms with E-state index in [2.05, 4.69) is 17.9 Å². The molecular weight excluding hydrogens is 414 g/mol. The molecule has 0 aliphatic carbocycles. The van der Waals surface area contributed by atoms with Crippen molar-refractivity contribution in [3.05, 3.63) is 90.0 Å². The summed E-state index contributed by atoms with van der Waals surface area (Å²) < 4.78 is 29.0. The summed E-state index contributed by atoms with van der Waals surface area (Å²) >= 11 is 1.34. The van der Waals surface area contributed by atoms with Crippen LogP contribution in [-0.4, -0.2) is 13.5 Å². The van der Waals surface area contributed by atoms with Crippen LogP contribution in [-0.2, 0) is 10.0 Å². The first-order valence-electron chi connectivity index (χ1n) is 9.24. The minimum absolute atomic E-state index is 0.0310. The Labute approximate surface area is 182 Å². The molecule has 0 aromatic heterocycles. The number of hydrogen-bond donors (Lipinski definition) is 2. The summed E-state index contributed by atoms with van der Waals surface area (Å²) in [5.41, 5.74) is 2.72. The van der Waals surface area contributed by atoms with Crippen molar-refractivity contribution >= 4 is 39.6 Å². The minimum atomic E-state index is -3.85. The fraction of sp³-hybridized carbons (Fsp3) is 0.0833. The normalized spacial score (nSPS) is 11.1. The van der Waals surface area contributed by atoms with Crippen molar-refractivity contribution in [2.75, 3.05) is 4.72 Å². The number of hydrogen-bond acceptors (Lipinski definition) is 4. The number of phenolic OH excluding ortho intramolecular Hbond substituents is 1. The second-order valence-electron chi connectivity index (χ2n) is 6.80.